The fraction of sp³-hybridized carbons (Fsp3) is 0.429. The number of hydrogen-bond acceptors (Lipinski definition) is 5. The van der Waals surface area contributed by atoms with Crippen LogP contribution in [0.3, 0.4) is 0 Å². The number of carbonyl (C=O) groups is 1. The Morgan fingerprint density at radius 3 is 2.44 bits per heavy atom. The van der Waals surface area contributed by atoms with Crippen molar-refractivity contribution in [2.45, 2.75) is 40.3 Å². The van der Waals surface area contributed by atoms with E-state index in [-0.39, 0.29) is 6.03 Å². The van der Waals surface area contributed by atoms with Gasteiger partial charge >= 0.3 is 6.03 Å². The van der Waals surface area contributed by atoms with Gasteiger partial charge < -0.3 is 29.2 Å². The highest BCUT2D eigenvalue weighted by molar-refractivity contribution is 5.91. The fourth-order valence-electron chi connectivity index (χ4n) is 3.97. The molecule has 0 saturated carbocycles. The van der Waals surface area contributed by atoms with Crippen LogP contribution in [0.25, 0.3) is 0 Å². The maximum Gasteiger partial charge on any atom is 0.322 e. The van der Waals surface area contributed by atoms with E-state index in [1.54, 1.807) is 12.5 Å². The van der Waals surface area contributed by atoms with Crippen molar-refractivity contribution >= 4 is 11.7 Å². The maximum atomic E-state index is 13.5. The monoisotopic (exact) mass is 493 g/mol. The first-order chi connectivity index (χ1) is 17.6. The van der Waals surface area contributed by atoms with Gasteiger partial charge in [-0.05, 0) is 44.6 Å². The van der Waals surface area contributed by atoms with Crippen molar-refractivity contribution in [1.29, 1.82) is 0 Å². The molecule has 0 unspecified atom stereocenters. The molecule has 1 aromatic heterocycles. The van der Waals surface area contributed by atoms with Crippen LogP contribution in [0.1, 0.15) is 32.8 Å². The Morgan fingerprint density at radius 1 is 0.972 bits per heavy atom. The molecule has 3 rings (SSSR count). The van der Waals surface area contributed by atoms with Gasteiger partial charge in [0.15, 0.2) is 0 Å². The number of hydrogen-bond donors (Lipinski definition) is 1. The molecule has 0 bridgehead atoms. The van der Waals surface area contributed by atoms with Gasteiger partial charge in [0, 0.05) is 37.6 Å². The number of imidazole rings is 1. The predicted molar refractivity (Wildman–Crippen MR) is 144 cm³/mol. The zero-order chi connectivity index (χ0) is 25.6. The first-order valence-corrected chi connectivity index (χ1v) is 12.8. The molecule has 0 fully saturated rings. The number of likely N-dealkylation sites (N-methyl/N-ethyl adjacent to an activating group) is 1. The number of para-hydroxylation sites is 3. The van der Waals surface area contributed by atoms with E-state index in [1.165, 1.54) is 0 Å². The third-order valence-electron chi connectivity index (χ3n) is 6.01. The van der Waals surface area contributed by atoms with Crippen LogP contribution in [-0.2, 0) is 13.1 Å². The quantitative estimate of drug-likeness (QED) is 0.318. The van der Waals surface area contributed by atoms with Crippen LogP contribution in [0.4, 0.5) is 10.5 Å². The molecule has 0 aliphatic rings. The van der Waals surface area contributed by atoms with Crippen molar-refractivity contribution in [3.63, 3.8) is 0 Å². The van der Waals surface area contributed by atoms with Crippen molar-refractivity contribution in [3.05, 3.63) is 72.8 Å². The minimum Gasteiger partial charge on any atom is -0.494 e. The number of anilines is 1. The number of ether oxygens (including phenoxy) is 2. The Balaban J connectivity index is 1.70. The Morgan fingerprint density at radius 2 is 1.72 bits per heavy atom. The van der Waals surface area contributed by atoms with E-state index in [4.69, 9.17) is 9.47 Å². The summed E-state index contributed by atoms with van der Waals surface area (Å²) in [7, 11) is 0. The average Bonchev–Trinajstić information content (AvgIpc) is 3.42. The van der Waals surface area contributed by atoms with Gasteiger partial charge in [0.2, 0.25) is 0 Å². The highest BCUT2D eigenvalue weighted by Crippen LogP contribution is 2.25. The first kappa shape index (κ1) is 27.1. The molecule has 0 aliphatic carbocycles. The maximum absolute atomic E-state index is 13.5. The standard InChI is InChI=1S/C28H39N5O3/c1-4-31(5-2)20-21-36-27-15-10-8-13-25(27)30-28(34)33(18-11-17-32-19-16-29-23-32)22-24-12-7-9-14-26(24)35-6-3/h7-10,12-16,19,23H,4-6,11,17-18,20-22H2,1-3H3,(H,30,34). The third-order valence-corrected chi connectivity index (χ3v) is 6.01. The topological polar surface area (TPSA) is 71.9 Å². The van der Waals surface area contributed by atoms with Gasteiger partial charge in [-0.2, -0.15) is 0 Å². The molecule has 0 aliphatic heterocycles. The van der Waals surface area contributed by atoms with Gasteiger partial charge in [-0.3, -0.25) is 0 Å². The van der Waals surface area contributed by atoms with Crippen LogP contribution in [-0.4, -0.2) is 64.8 Å². The van der Waals surface area contributed by atoms with Crippen molar-refractivity contribution in [2.75, 3.05) is 44.7 Å². The SMILES string of the molecule is CCOc1ccccc1CN(CCCn1ccnc1)C(=O)Nc1ccccc1OCCN(CC)CC. The Hall–Kier alpha value is -3.52. The highest BCUT2D eigenvalue weighted by Gasteiger charge is 2.18. The smallest absolute Gasteiger partial charge is 0.322 e. The molecule has 3 aromatic rings. The number of carbonyl (C=O) groups excluding carboxylic acids is 1. The third kappa shape index (κ3) is 8.30. The van der Waals surface area contributed by atoms with E-state index in [0.717, 1.165) is 43.9 Å². The molecule has 36 heavy (non-hydrogen) atoms. The van der Waals surface area contributed by atoms with Crippen molar-refractivity contribution in [2.24, 2.45) is 0 Å². The molecule has 0 atom stereocenters. The summed E-state index contributed by atoms with van der Waals surface area (Å²) in [6.07, 6.45) is 6.28. The van der Waals surface area contributed by atoms with Crippen molar-refractivity contribution in [1.82, 2.24) is 19.4 Å². The number of nitrogens with one attached hydrogen (secondary N) is 1. The lowest BCUT2D eigenvalue weighted by Crippen LogP contribution is -2.36. The van der Waals surface area contributed by atoms with E-state index in [1.807, 2.05) is 71.1 Å². The zero-order valence-electron chi connectivity index (χ0n) is 21.7. The summed E-state index contributed by atoms with van der Waals surface area (Å²) in [6.45, 7) is 12.0. The normalized spacial score (nSPS) is 10.9. The number of urea groups is 1. The number of benzene rings is 2. The lowest BCUT2D eigenvalue weighted by molar-refractivity contribution is 0.205. The van der Waals surface area contributed by atoms with E-state index >= 15 is 0 Å². The largest absolute Gasteiger partial charge is 0.494 e. The first-order valence-electron chi connectivity index (χ1n) is 12.8. The minimum absolute atomic E-state index is 0.174. The minimum atomic E-state index is -0.174. The molecule has 8 nitrogen and oxygen atoms in total. The van der Waals surface area contributed by atoms with E-state index in [2.05, 4.69) is 29.0 Å². The van der Waals surface area contributed by atoms with Gasteiger partial charge in [-0.25, -0.2) is 9.78 Å². The molecular formula is C28H39N5O3. The molecule has 194 valence electrons. The molecule has 2 aromatic carbocycles. The number of nitrogens with zero attached hydrogens (tertiary/aromatic N) is 4. The summed E-state index contributed by atoms with van der Waals surface area (Å²) in [5.74, 6) is 1.47. The summed E-state index contributed by atoms with van der Waals surface area (Å²) in [5.41, 5.74) is 1.64. The van der Waals surface area contributed by atoms with Crippen LogP contribution in [0, 0.1) is 0 Å². The Bertz CT molecular complexity index is 1040. The predicted octanol–water partition coefficient (Wildman–Crippen LogP) is 5.13. The molecule has 0 saturated heterocycles. The lowest BCUT2D eigenvalue weighted by atomic mass is 10.2. The number of aromatic nitrogens is 2. The molecule has 0 radical (unpaired) electrons. The summed E-state index contributed by atoms with van der Waals surface area (Å²) in [4.78, 5) is 21.7. The number of aryl methyl sites for hydroxylation is 1. The second-order valence-corrected chi connectivity index (χ2v) is 8.42. The van der Waals surface area contributed by atoms with E-state index in [0.29, 0.717) is 37.7 Å². The summed E-state index contributed by atoms with van der Waals surface area (Å²) < 4.78 is 13.9. The summed E-state index contributed by atoms with van der Waals surface area (Å²) in [6, 6.07) is 15.3. The number of rotatable bonds is 15. The van der Waals surface area contributed by atoms with Gasteiger partial charge in [-0.15, -0.1) is 0 Å². The van der Waals surface area contributed by atoms with Crippen molar-refractivity contribution < 1.29 is 14.3 Å². The average molecular weight is 494 g/mol. The second kappa shape index (κ2) is 14.8. The highest BCUT2D eigenvalue weighted by atomic mass is 16.5. The van der Waals surface area contributed by atoms with Gasteiger partial charge in [0.25, 0.3) is 0 Å². The molecule has 1 heterocycles. The van der Waals surface area contributed by atoms with Crippen LogP contribution < -0.4 is 14.8 Å². The van der Waals surface area contributed by atoms with Gasteiger partial charge in [0.1, 0.15) is 18.1 Å². The lowest BCUT2D eigenvalue weighted by Gasteiger charge is -2.25. The Kier molecular flexibility index (Phi) is 11.1. The van der Waals surface area contributed by atoms with Crippen LogP contribution in [0.5, 0.6) is 11.5 Å². The van der Waals surface area contributed by atoms with Gasteiger partial charge in [-0.1, -0.05) is 44.2 Å². The zero-order valence-corrected chi connectivity index (χ0v) is 21.7. The fourth-order valence-corrected chi connectivity index (χ4v) is 3.97. The molecular weight excluding hydrogens is 454 g/mol. The molecule has 1 N–H and O–H groups in total. The molecule has 0 spiro atoms. The number of amides is 2. The van der Waals surface area contributed by atoms with Crippen LogP contribution in [0.15, 0.2) is 67.3 Å². The summed E-state index contributed by atoms with van der Waals surface area (Å²) >= 11 is 0. The summed E-state index contributed by atoms with van der Waals surface area (Å²) in [5, 5.41) is 3.08. The molecule has 8 heteroatoms. The van der Waals surface area contributed by atoms with E-state index < -0.39 is 0 Å². The second-order valence-electron chi connectivity index (χ2n) is 8.42. The van der Waals surface area contributed by atoms with Crippen LogP contribution in [0.2, 0.25) is 0 Å². The van der Waals surface area contributed by atoms with Gasteiger partial charge in [0.05, 0.1) is 25.2 Å². The van der Waals surface area contributed by atoms with E-state index in [9.17, 15) is 4.79 Å². The van der Waals surface area contributed by atoms with Crippen molar-refractivity contribution in [3.8, 4) is 11.5 Å². The Labute approximate surface area is 214 Å². The van der Waals surface area contributed by atoms with Crippen LogP contribution >= 0.6 is 0 Å². The molecule has 2 amide bonds.